The maximum absolute atomic E-state index is 11.6. The number of amides is 1. The van der Waals surface area contributed by atoms with Crippen LogP contribution in [0.25, 0.3) is 16.7 Å². The van der Waals surface area contributed by atoms with Crippen LogP contribution in [-0.2, 0) is 0 Å². The van der Waals surface area contributed by atoms with Crippen molar-refractivity contribution in [3.05, 3.63) is 59.9 Å². The molecule has 0 aliphatic heterocycles. The van der Waals surface area contributed by atoms with Gasteiger partial charge in [0.25, 0.3) is 5.91 Å². The molecule has 0 fully saturated rings. The molecule has 3 rings (SSSR count). The van der Waals surface area contributed by atoms with Crippen molar-refractivity contribution in [2.24, 2.45) is 0 Å². The van der Waals surface area contributed by atoms with Crippen molar-refractivity contribution >= 4 is 16.9 Å². The smallest absolute Gasteiger partial charge is 0.251 e. The summed E-state index contributed by atoms with van der Waals surface area (Å²) in [5.41, 5.74) is 3.69. The van der Waals surface area contributed by atoms with E-state index < -0.39 is 0 Å². The monoisotopic (exact) mass is 265 g/mol. The molecule has 0 atom stereocenters. The summed E-state index contributed by atoms with van der Waals surface area (Å²) < 4.78 is 2.09. The second kappa shape index (κ2) is 4.81. The summed E-state index contributed by atoms with van der Waals surface area (Å²) in [5.74, 6) is 0.850. The van der Waals surface area contributed by atoms with E-state index in [9.17, 15) is 4.79 Å². The van der Waals surface area contributed by atoms with Gasteiger partial charge in [-0.05, 0) is 43.3 Å². The summed E-state index contributed by atoms with van der Waals surface area (Å²) in [6.07, 6.45) is 0. The number of para-hydroxylation sites is 2. The third-order valence-corrected chi connectivity index (χ3v) is 3.34. The van der Waals surface area contributed by atoms with E-state index in [2.05, 4.69) is 14.9 Å². The fourth-order valence-electron chi connectivity index (χ4n) is 2.38. The minimum Gasteiger partial charge on any atom is -0.355 e. The van der Waals surface area contributed by atoms with E-state index in [0.29, 0.717) is 5.56 Å². The predicted molar refractivity (Wildman–Crippen MR) is 79.2 cm³/mol. The molecule has 0 unspecified atom stereocenters. The Morgan fingerprint density at radius 2 is 1.80 bits per heavy atom. The first-order valence-corrected chi connectivity index (χ1v) is 6.47. The Hall–Kier alpha value is -2.62. The first kappa shape index (κ1) is 12.4. The second-order valence-electron chi connectivity index (χ2n) is 4.61. The highest BCUT2D eigenvalue weighted by Gasteiger charge is 2.09. The van der Waals surface area contributed by atoms with Crippen molar-refractivity contribution in [2.75, 3.05) is 7.05 Å². The van der Waals surface area contributed by atoms with E-state index >= 15 is 0 Å². The van der Waals surface area contributed by atoms with Gasteiger partial charge in [0.2, 0.25) is 0 Å². The lowest BCUT2D eigenvalue weighted by molar-refractivity contribution is 0.0963. The third kappa shape index (κ3) is 1.95. The van der Waals surface area contributed by atoms with Crippen molar-refractivity contribution in [1.29, 1.82) is 0 Å². The Labute approximate surface area is 117 Å². The zero-order chi connectivity index (χ0) is 14.1. The molecular weight excluding hydrogens is 250 g/mol. The third-order valence-electron chi connectivity index (χ3n) is 3.34. The van der Waals surface area contributed by atoms with Crippen molar-refractivity contribution in [1.82, 2.24) is 14.9 Å². The molecule has 1 aromatic heterocycles. The molecule has 4 nitrogen and oxygen atoms in total. The number of fused-ring (bicyclic) bond motifs is 1. The Kier molecular flexibility index (Phi) is 2.99. The second-order valence-corrected chi connectivity index (χ2v) is 4.61. The minimum absolute atomic E-state index is 0.0799. The topological polar surface area (TPSA) is 46.9 Å². The van der Waals surface area contributed by atoms with E-state index in [1.807, 2.05) is 55.5 Å². The van der Waals surface area contributed by atoms with Gasteiger partial charge in [-0.2, -0.15) is 0 Å². The van der Waals surface area contributed by atoms with Gasteiger partial charge < -0.3 is 5.32 Å². The molecule has 0 bridgehead atoms. The summed E-state index contributed by atoms with van der Waals surface area (Å²) in [6.45, 7) is 1.98. The maximum Gasteiger partial charge on any atom is 0.251 e. The van der Waals surface area contributed by atoms with Gasteiger partial charge in [0.05, 0.1) is 11.0 Å². The van der Waals surface area contributed by atoms with Crippen LogP contribution >= 0.6 is 0 Å². The fraction of sp³-hybridized carbons (Fsp3) is 0.125. The molecule has 1 N–H and O–H groups in total. The van der Waals surface area contributed by atoms with Gasteiger partial charge in [0, 0.05) is 18.3 Å². The van der Waals surface area contributed by atoms with Crippen LogP contribution < -0.4 is 5.32 Å². The first-order valence-electron chi connectivity index (χ1n) is 6.47. The molecule has 1 amide bonds. The fourth-order valence-corrected chi connectivity index (χ4v) is 2.38. The lowest BCUT2D eigenvalue weighted by atomic mass is 10.2. The van der Waals surface area contributed by atoms with Crippen LogP contribution in [0.3, 0.4) is 0 Å². The van der Waals surface area contributed by atoms with Crippen molar-refractivity contribution in [3.8, 4) is 5.69 Å². The Balaban J connectivity index is 2.11. The number of rotatable bonds is 2. The molecule has 0 radical (unpaired) electrons. The number of imidazole rings is 1. The predicted octanol–water partition coefficient (Wildman–Crippen LogP) is 2.69. The average molecular weight is 265 g/mol. The number of carbonyl (C=O) groups excluding carboxylic acids is 1. The number of carbonyl (C=O) groups is 1. The zero-order valence-electron chi connectivity index (χ0n) is 11.4. The highest BCUT2D eigenvalue weighted by molar-refractivity contribution is 5.94. The van der Waals surface area contributed by atoms with Crippen molar-refractivity contribution in [2.45, 2.75) is 6.92 Å². The van der Waals surface area contributed by atoms with E-state index in [1.165, 1.54) is 0 Å². The minimum atomic E-state index is -0.0799. The molecule has 0 aliphatic carbocycles. The van der Waals surface area contributed by atoms with Crippen LogP contribution in [-0.4, -0.2) is 22.5 Å². The summed E-state index contributed by atoms with van der Waals surface area (Å²) in [7, 11) is 1.63. The van der Waals surface area contributed by atoms with E-state index in [-0.39, 0.29) is 5.91 Å². The van der Waals surface area contributed by atoms with Crippen LogP contribution in [0.1, 0.15) is 16.2 Å². The quantitative estimate of drug-likeness (QED) is 0.774. The molecule has 0 aliphatic rings. The molecule has 1 heterocycles. The number of nitrogens with one attached hydrogen (secondary N) is 1. The summed E-state index contributed by atoms with van der Waals surface area (Å²) in [5, 5.41) is 2.62. The van der Waals surface area contributed by atoms with Gasteiger partial charge in [-0.25, -0.2) is 4.98 Å². The number of hydrogen-bond acceptors (Lipinski definition) is 2. The molecule has 100 valence electrons. The number of nitrogens with zero attached hydrogens (tertiary/aromatic N) is 2. The average Bonchev–Trinajstić information content (AvgIpc) is 2.82. The van der Waals surface area contributed by atoms with Gasteiger partial charge in [0.15, 0.2) is 0 Å². The SMILES string of the molecule is CNC(=O)c1ccc(-n2c(C)nc3ccccc32)cc1. The van der Waals surface area contributed by atoms with Crippen LogP contribution in [0.15, 0.2) is 48.5 Å². The summed E-state index contributed by atoms with van der Waals surface area (Å²) >= 11 is 0. The van der Waals surface area contributed by atoms with Gasteiger partial charge in [-0.3, -0.25) is 9.36 Å². The summed E-state index contributed by atoms with van der Waals surface area (Å²) in [4.78, 5) is 16.1. The van der Waals surface area contributed by atoms with Crippen LogP contribution in [0, 0.1) is 6.92 Å². The standard InChI is InChI=1S/C16H15N3O/c1-11-18-14-5-3-4-6-15(14)19(11)13-9-7-12(8-10-13)16(20)17-2/h3-10H,1-2H3,(H,17,20). The lowest BCUT2D eigenvalue weighted by Gasteiger charge is -2.08. The molecule has 20 heavy (non-hydrogen) atoms. The van der Waals surface area contributed by atoms with Crippen LogP contribution in [0.2, 0.25) is 0 Å². The summed E-state index contributed by atoms with van der Waals surface area (Å²) in [6, 6.07) is 15.5. The van der Waals surface area contributed by atoms with Gasteiger partial charge >= 0.3 is 0 Å². The highest BCUT2D eigenvalue weighted by Crippen LogP contribution is 2.21. The first-order chi connectivity index (χ1) is 9.70. The number of hydrogen-bond donors (Lipinski definition) is 1. The Morgan fingerprint density at radius 3 is 2.50 bits per heavy atom. The molecule has 0 saturated carbocycles. The molecule has 4 heteroatoms. The number of aromatic nitrogens is 2. The molecule has 2 aromatic carbocycles. The highest BCUT2D eigenvalue weighted by atomic mass is 16.1. The Morgan fingerprint density at radius 1 is 1.10 bits per heavy atom. The van der Waals surface area contributed by atoms with E-state index in [4.69, 9.17) is 0 Å². The largest absolute Gasteiger partial charge is 0.355 e. The number of benzene rings is 2. The zero-order valence-corrected chi connectivity index (χ0v) is 11.4. The molecule has 3 aromatic rings. The lowest BCUT2D eigenvalue weighted by Crippen LogP contribution is -2.17. The van der Waals surface area contributed by atoms with Crippen LogP contribution in [0.4, 0.5) is 0 Å². The molecular formula is C16H15N3O. The van der Waals surface area contributed by atoms with Crippen LogP contribution in [0.5, 0.6) is 0 Å². The van der Waals surface area contributed by atoms with Crippen molar-refractivity contribution in [3.63, 3.8) is 0 Å². The normalized spacial score (nSPS) is 10.7. The molecule has 0 spiro atoms. The van der Waals surface area contributed by atoms with E-state index in [1.54, 1.807) is 7.05 Å². The van der Waals surface area contributed by atoms with Gasteiger partial charge in [-0.1, -0.05) is 12.1 Å². The maximum atomic E-state index is 11.6. The molecule has 0 saturated heterocycles. The van der Waals surface area contributed by atoms with Gasteiger partial charge in [-0.15, -0.1) is 0 Å². The van der Waals surface area contributed by atoms with Crippen molar-refractivity contribution < 1.29 is 4.79 Å². The van der Waals surface area contributed by atoms with Gasteiger partial charge in [0.1, 0.15) is 5.82 Å². The Bertz CT molecular complexity index is 772. The number of aryl methyl sites for hydroxylation is 1. The van der Waals surface area contributed by atoms with E-state index in [0.717, 1.165) is 22.5 Å².